The van der Waals surface area contributed by atoms with Crippen LogP contribution < -0.4 is 14.8 Å². The SMILES string of the molecule is COc1ccc(S(=O)(=O)N2CCC(NC(=O)CCNS(=O)(=O)c3ccc(F)cc3)CC2)cc1. The molecule has 1 amide bonds. The molecule has 2 aromatic carbocycles. The van der Waals surface area contributed by atoms with E-state index in [1.165, 1.54) is 23.5 Å². The molecule has 1 fully saturated rings. The molecule has 180 valence electrons. The first-order chi connectivity index (χ1) is 15.6. The number of piperidine rings is 1. The van der Waals surface area contributed by atoms with Crippen LogP contribution in [0, 0.1) is 5.82 Å². The maximum absolute atomic E-state index is 13.0. The molecular weight excluding hydrogens is 473 g/mol. The molecule has 0 aliphatic carbocycles. The van der Waals surface area contributed by atoms with E-state index in [2.05, 4.69) is 10.0 Å². The van der Waals surface area contributed by atoms with Gasteiger partial charge in [0.25, 0.3) is 0 Å². The summed E-state index contributed by atoms with van der Waals surface area (Å²) in [7, 11) is -5.97. The summed E-state index contributed by atoms with van der Waals surface area (Å²) in [6.45, 7) is 0.406. The molecule has 2 aromatic rings. The number of methoxy groups -OCH3 is 1. The summed E-state index contributed by atoms with van der Waals surface area (Å²) in [6.07, 6.45) is 0.815. The van der Waals surface area contributed by atoms with Crippen LogP contribution in [0.5, 0.6) is 5.75 Å². The zero-order chi connectivity index (χ0) is 24.1. The van der Waals surface area contributed by atoms with E-state index >= 15 is 0 Å². The van der Waals surface area contributed by atoms with Gasteiger partial charge in [-0.1, -0.05) is 0 Å². The fourth-order valence-electron chi connectivity index (χ4n) is 3.43. The molecule has 9 nitrogen and oxygen atoms in total. The average Bonchev–Trinajstić information content (AvgIpc) is 2.79. The first-order valence-electron chi connectivity index (χ1n) is 10.3. The molecule has 2 N–H and O–H groups in total. The van der Waals surface area contributed by atoms with Crippen molar-refractivity contribution < 1.29 is 30.8 Å². The van der Waals surface area contributed by atoms with E-state index in [4.69, 9.17) is 4.74 Å². The Morgan fingerprint density at radius 1 is 1.00 bits per heavy atom. The zero-order valence-corrected chi connectivity index (χ0v) is 19.7. The summed E-state index contributed by atoms with van der Waals surface area (Å²) >= 11 is 0. The van der Waals surface area contributed by atoms with E-state index in [0.29, 0.717) is 18.6 Å². The van der Waals surface area contributed by atoms with Gasteiger partial charge in [-0.05, 0) is 61.4 Å². The number of nitrogens with zero attached hydrogens (tertiary/aromatic N) is 1. The Morgan fingerprint density at radius 3 is 2.15 bits per heavy atom. The van der Waals surface area contributed by atoms with Crippen LogP contribution in [0.1, 0.15) is 19.3 Å². The van der Waals surface area contributed by atoms with Crippen LogP contribution in [-0.2, 0) is 24.8 Å². The van der Waals surface area contributed by atoms with Gasteiger partial charge in [-0.15, -0.1) is 0 Å². The molecule has 0 atom stereocenters. The highest BCUT2D eigenvalue weighted by Gasteiger charge is 2.30. The van der Waals surface area contributed by atoms with Crippen molar-refractivity contribution in [3.63, 3.8) is 0 Å². The molecule has 0 unspecified atom stereocenters. The van der Waals surface area contributed by atoms with Crippen molar-refractivity contribution in [2.24, 2.45) is 0 Å². The Kier molecular flexibility index (Phi) is 8.05. The highest BCUT2D eigenvalue weighted by molar-refractivity contribution is 7.89. The molecule has 0 saturated carbocycles. The van der Waals surface area contributed by atoms with Crippen molar-refractivity contribution >= 4 is 26.0 Å². The van der Waals surface area contributed by atoms with Crippen LogP contribution >= 0.6 is 0 Å². The summed E-state index contributed by atoms with van der Waals surface area (Å²) in [5.41, 5.74) is 0. The number of amides is 1. The molecule has 33 heavy (non-hydrogen) atoms. The third-order valence-electron chi connectivity index (χ3n) is 5.28. The summed E-state index contributed by atoms with van der Waals surface area (Å²) in [5, 5.41) is 2.82. The Labute approximate surface area is 193 Å². The predicted octanol–water partition coefficient (Wildman–Crippen LogP) is 1.47. The third-order valence-corrected chi connectivity index (χ3v) is 8.67. The van der Waals surface area contributed by atoms with Crippen molar-refractivity contribution in [2.75, 3.05) is 26.7 Å². The number of hydrogen-bond donors (Lipinski definition) is 2. The number of ether oxygens (including phenoxy) is 1. The summed E-state index contributed by atoms with van der Waals surface area (Å²) in [5.74, 6) is -0.320. The smallest absolute Gasteiger partial charge is 0.243 e. The predicted molar refractivity (Wildman–Crippen MR) is 119 cm³/mol. The van der Waals surface area contributed by atoms with Crippen molar-refractivity contribution in [3.05, 3.63) is 54.3 Å². The molecule has 3 rings (SSSR count). The zero-order valence-electron chi connectivity index (χ0n) is 18.0. The highest BCUT2D eigenvalue weighted by atomic mass is 32.2. The van der Waals surface area contributed by atoms with Crippen LogP contribution in [0.3, 0.4) is 0 Å². The van der Waals surface area contributed by atoms with Crippen LogP contribution in [0.25, 0.3) is 0 Å². The van der Waals surface area contributed by atoms with Crippen molar-refractivity contribution in [2.45, 2.75) is 35.1 Å². The second-order valence-electron chi connectivity index (χ2n) is 7.52. The fraction of sp³-hybridized carbons (Fsp3) is 0.381. The van der Waals surface area contributed by atoms with E-state index in [-0.39, 0.29) is 47.8 Å². The topological polar surface area (TPSA) is 122 Å². The van der Waals surface area contributed by atoms with Gasteiger partial charge in [0.05, 0.1) is 16.9 Å². The molecule has 1 heterocycles. The van der Waals surface area contributed by atoms with E-state index in [1.807, 2.05) is 0 Å². The van der Waals surface area contributed by atoms with Gasteiger partial charge in [-0.2, -0.15) is 4.31 Å². The number of nitrogens with one attached hydrogen (secondary N) is 2. The second-order valence-corrected chi connectivity index (χ2v) is 11.2. The van der Waals surface area contributed by atoms with E-state index in [0.717, 1.165) is 24.3 Å². The number of benzene rings is 2. The molecule has 0 aromatic heterocycles. The van der Waals surface area contributed by atoms with Crippen LogP contribution in [0.4, 0.5) is 4.39 Å². The Bertz CT molecular complexity index is 1160. The number of sulfonamides is 2. The highest BCUT2D eigenvalue weighted by Crippen LogP contribution is 2.23. The Hall–Kier alpha value is -2.54. The molecule has 1 saturated heterocycles. The molecule has 0 radical (unpaired) electrons. The van der Waals surface area contributed by atoms with Crippen molar-refractivity contribution in [3.8, 4) is 5.75 Å². The maximum Gasteiger partial charge on any atom is 0.243 e. The van der Waals surface area contributed by atoms with Gasteiger partial charge in [0, 0.05) is 32.1 Å². The van der Waals surface area contributed by atoms with Gasteiger partial charge >= 0.3 is 0 Å². The lowest BCUT2D eigenvalue weighted by Gasteiger charge is -2.31. The van der Waals surface area contributed by atoms with Gasteiger partial charge in [0.2, 0.25) is 26.0 Å². The van der Waals surface area contributed by atoms with Crippen LogP contribution in [0.2, 0.25) is 0 Å². The minimum atomic E-state index is -3.84. The van der Waals surface area contributed by atoms with Gasteiger partial charge in [0.15, 0.2) is 0 Å². The molecule has 1 aliphatic heterocycles. The van der Waals surface area contributed by atoms with Crippen molar-refractivity contribution in [1.29, 1.82) is 0 Å². The fourth-order valence-corrected chi connectivity index (χ4v) is 5.93. The van der Waals surface area contributed by atoms with E-state index in [1.54, 1.807) is 12.1 Å². The number of hydrogen-bond acceptors (Lipinski definition) is 6. The monoisotopic (exact) mass is 499 g/mol. The molecule has 0 bridgehead atoms. The first kappa shape index (κ1) is 25.1. The lowest BCUT2D eigenvalue weighted by Crippen LogP contribution is -2.46. The normalized spacial score (nSPS) is 15.8. The molecule has 0 spiro atoms. The van der Waals surface area contributed by atoms with E-state index < -0.39 is 25.9 Å². The van der Waals surface area contributed by atoms with Crippen LogP contribution in [0.15, 0.2) is 58.3 Å². The lowest BCUT2D eigenvalue weighted by molar-refractivity contribution is -0.121. The number of carbonyl (C=O) groups excluding carboxylic acids is 1. The summed E-state index contributed by atoms with van der Waals surface area (Å²) < 4.78 is 71.6. The number of rotatable bonds is 9. The number of halogens is 1. The summed E-state index contributed by atoms with van der Waals surface area (Å²) in [6, 6.07) is 10.3. The Balaban J connectivity index is 1.44. The van der Waals surface area contributed by atoms with Gasteiger partial charge < -0.3 is 10.1 Å². The first-order valence-corrected chi connectivity index (χ1v) is 13.2. The van der Waals surface area contributed by atoms with Crippen molar-refractivity contribution in [1.82, 2.24) is 14.3 Å². The summed E-state index contributed by atoms with van der Waals surface area (Å²) in [4.78, 5) is 12.3. The third kappa shape index (κ3) is 6.50. The minimum Gasteiger partial charge on any atom is -0.497 e. The number of carbonyl (C=O) groups is 1. The maximum atomic E-state index is 13.0. The molecular formula is C21H26FN3O6S2. The minimum absolute atomic E-state index is 0.0786. The standard InChI is InChI=1S/C21H26FN3O6S2/c1-31-18-4-8-20(9-5-18)33(29,30)25-14-11-17(12-15-25)24-21(26)10-13-23-32(27,28)19-6-2-16(22)3-7-19/h2-9,17,23H,10-15H2,1H3,(H,24,26). The second kappa shape index (κ2) is 10.6. The quantitative estimate of drug-likeness (QED) is 0.539. The molecule has 1 aliphatic rings. The van der Waals surface area contributed by atoms with Gasteiger partial charge in [-0.3, -0.25) is 4.79 Å². The van der Waals surface area contributed by atoms with Crippen LogP contribution in [-0.4, -0.2) is 59.8 Å². The molecule has 12 heteroatoms. The average molecular weight is 500 g/mol. The Morgan fingerprint density at radius 2 is 1.58 bits per heavy atom. The van der Waals surface area contributed by atoms with Gasteiger partial charge in [-0.25, -0.2) is 25.9 Å². The van der Waals surface area contributed by atoms with Gasteiger partial charge in [0.1, 0.15) is 11.6 Å². The largest absolute Gasteiger partial charge is 0.497 e. The lowest BCUT2D eigenvalue weighted by atomic mass is 10.1. The van der Waals surface area contributed by atoms with E-state index in [9.17, 15) is 26.0 Å².